The summed E-state index contributed by atoms with van der Waals surface area (Å²) in [4.78, 5) is 16.2. The molecule has 0 aliphatic carbocycles. The molecule has 8 heteroatoms. The summed E-state index contributed by atoms with van der Waals surface area (Å²) < 4.78 is 35.6. The van der Waals surface area contributed by atoms with Gasteiger partial charge < -0.3 is 4.90 Å². The second kappa shape index (κ2) is 4.23. The van der Waals surface area contributed by atoms with Crippen LogP contribution in [0.3, 0.4) is 0 Å². The van der Waals surface area contributed by atoms with E-state index < -0.39 is 26.0 Å². The van der Waals surface area contributed by atoms with E-state index in [1.807, 2.05) is 0 Å². The van der Waals surface area contributed by atoms with Crippen LogP contribution in [0.5, 0.6) is 0 Å². The molecule has 0 N–H and O–H groups in total. The van der Waals surface area contributed by atoms with Crippen molar-refractivity contribution in [3.8, 4) is 0 Å². The molecular formula is C9H8ClFN2O3S. The van der Waals surface area contributed by atoms with Crippen molar-refractivity contribution in [2.75, 3.05) is 11.4 Å². The van der Waals surface area contributed by atoms with Gasteiger partial charge in [0.15, 0.2) is 5.82 Å². The van der Waals surface area contributed by atoms with Crippen LogP contribution in [0.2, 0.25) is 0 Å². The first-order valence-electron chi connectivity index (χ1n) is 4.73. The number of halogens is 2. The summed E-state index contributed by atoms with van der Waals surface area (Å²) in [5.41, 5.74) is 0.0211. The third kappa shape index (κ3) is 2.39. The zero-order valence-corrected chi connectivity index (χ0v) is 10.1. The van der Waals surface area contributed by atoms with Crippen LogP contribution in [0.15, 0.2) is 18.5 Å². The van der Waals surface area contributed by atoms with Gasteiger partial charge in [-0.1, -0.05) is 0 Å². The molecule has 1 fully saturated rings. The fourth-order valence-electron chi connectivity index (χ4n) is 1.68. The molecular weight excluding hydrogens is 271 g/mol. The average Bonchev–Trinajstić information content (AvgIpc) is 2.61. The quantitative estimate of drug-likeness (QED) is 0.754. The number of pyridine rings is 1. The van der Waals surface area contributed by atoms with Crippen LogP contribution in [-0.2, 0) is 13.8 Å². The molecule has 0 bridgehead atoms. The van der Waals surface area contributed by atoms with Gasteiger partial charge >= 0.3 is 0 Å². The number of aromatic nitrogens is 1. The summed E-state index contributed by atoms with van der Waals surface area (Å²) in [5, 5.41) is -0.996. The van der Waals surface area contributed by atoms with Gasteiger partial charge in [0, 0.05) is 29.8 Å². The standard InChI is InChI=1S/C9H8ClFN2O3S/c10-17(15,16)6-3-9(14)13(5-6)8-1-2-12-4-7(8)11/h1-2,4,6H,3,5H2. The van der Waals surface area contributed by atoms with Crippen molar-refractivity contribution in [2.24, 2.45) is 0 Å². The molecule has 1 aliphatic rings. The number of carbonyl (C=O) groups excluding carboxylic acids is 1. The van der Waals surface area contributed by atoms with Crippen LogP contribution in [0.1, 0.15) is 6.42 Å². The van der Waals surface area contributed by atoms with Crippen molar-refractivity contribution < 1.29 is 17.6 Å². The number of carbonyl (C=O) groups is 1. The van der Waals surface area contributed by atoms with Gasteiger partial charge in [0.05, 0.1) is 11.9 Å². The van der Waals surface area contributed by atoms with E-state index in [-0.39, 0.29) is 18.7 Å². The normalized spacial score (nSPS) is 20.9. The number of hydrogen-bond acceptors (Lipinski definition) is 4. The van der Waals surface area contributed by atoms with Crippen LogP contribution in [0.25, 0.3) is 0 Å². The van der Waals surface area contributed by atoms with E-state index in [9.17, 15) is 17.6 Å². The van der Waals surface area contributed by atoms with Crippen molar-refractivity contribution >= 4 is 31.3 Å². The van der Waals surface area contributed by atoms with Crippen molar-refractivity contribution in [1.29, 1.82) is 0 Å². The minimum atomic E-state index is -3.82. The Morgan fingerprint density at radius 1 is 1.53 bits per heavy atom. The average molecular weight is 279 g/mol. The monoisotopic (exact) mass is 278 g/mol. The molecule has 2 rings (SSSR count). The smallest absolute Gasteiger partial charge is 0.237 e. The molecule has 0 aromatic carbocycles. The van der Waals surface area contributed by atoms with Crippen molar-refractivity contribution in [3.63, 3.8) is 0 Å². The van der Waals surface area contributed by atoms with Gasteiger partial charge in [-0.2, -0.15) is 0 Å². The maximum Gasteiger partial charge on any atom is 0.237 e. The Kier molecular flexibility index (Phi) is 3.05. The summed E-state index contributed by atoms with van der Waals surface area (Å²) in [6.45, 7) is -0.133. The van der Waals surface area contributed by atoms with E-state index in [1.165, 1.54) is 12.3 Å². The molecule has 1 aromatic rings. The molecule has 1 atom stereocenters. The summed E-state index contributed by atoms with van der Waals surface area (Å²) in [6.07, 6.45) is 2.06. The number of hydrogen-bond donors (Lipinski definition) is 0. The van der Waals surface area contributed by atoms with E-state index in [4.69, 9.17) is 10.7 Å². The Hall–Kier alpha value is -1.21. The molecule has 1 aromatic heterocycles. The first-order valence-corrected chi connectivity index (χ1v) is 7.10. The lowest BCUT2D eigenvalue weighted by atomic mass is 10.3. The molecule has 1 unspecified atom stereocenters. The minimum Gasteiger partial charge on any atom is -0.308 e. The zero-order valence-electron chi connectivity index (χ0n) is 8.51. The van der Waals surface area contributed by atoms with Crippen molar-refractivity contribution in [1.82, 2.24) is 4.98 Å². The van der Waals surface area contributed by atoms with Crippen molar-refractivity contribution in [3.05, 3.63) is 24.3 Å². The van der Waals surface area contributed by atoms with Gasteiger partial charge in [-0.25, -0.2) is 12.8 Å². The van der Waals surface area contributed by atoms with Gasteiger partial charge in [-0.05, 0) is 6.07 Å². The summed E-state index contributed by atoms with van der Waals surface area (Å²) in [6, 6.07) is 1.32. The lowest BCUT2D eigenvalue weighted by Crippen LogP contribution is -2.27. The largest absolute Gasteiger partial charge is 0.308 e. The van der Waals surface area contributed by atoms with Gasteiger partial charge in [-0.15, -0.1) is 0 Å². The predicted molar refractivity (Wildman–Crippen MR) is 59.7 cm³/mol. The van der Waals surface area contributed by atoms with E-state index >= 15 is 0 Å². The third-order valence-corrected chi connectivity index (χ3v) is 4.40. The Morgan fingerprint density at radius 3 is 2.76 bits per heavy atom. The molecule has 0 radical (unpaired) electrons. The number of nitrogens with zero attached hydrogens (tertiary/aromatic N) is 2. The number of amides is 1. The highest BCUT2D eigenvalue weighted by atomic mass is 35.7. The SMILES string of the molecule is O=C1CC(S(=O)(=O)Cl)CN1c1ccncc1F. The van der Waals surface area contributed by atoms with Gasteiger partial charge in [-0.3, -0.25) is 9.78 Å². The van der Waals surface area contributed by atoms with Crippen LogP contribution >= 0.6 is 10.7 Å². The third-order valence-electron chi connectivity index (χ3n) is 2.53. The van der Waals surface area contributed by atoms with E-state index in [2.05, 4.69) is 4.98 Å². The van der Waals surface area contributed by atoms with E-state index in [0.717, 1.165) is 11.1 Å². The van der Waals surface area contributed by atoms with Gasteiger partial charge in [0.2, 0.25) is 15.0 Å². The molecule has 1 aliphatic heterocycles. The Labute approximate surface area is 102 Å². The predicted octanol–water partition coefficient (Wildman–Crippen LogP) is 0.895. The lowest BCUT2D eigenvalue weighted by Gasteiger charge is -2.16. The first kappa shape index (κ1) is 12.3. The maximum atomic E-state index is 13.4. The first-order chi connectivity index (χ1) is 7.89. The Bertz CT molecular complexity index is 563. The Morgan fingerprint density at radius 2 is 2.24 bits per heavy atom. The van der Waals surface area contributed by atoms with Crippen molar-refractivity contribution in [2.45, 2.75) is 11.7 Å². The molecule has 1 saturated heterocycles. The zero-order chi connectivity index (χ0) is 12.6. The topological polar surface area (TPSA) is 67.3 Å². The fourth-order valence-corrected chi connectivity index (χ4v) is 2.71. The molecule has 92 valence electrons. The maximum absolute atomic E-state index is 13.4. The molecule has 5 nitrogen and oxygen atoms in total. The van der Waals surface area contributed by atoms with E-state index in [1.54, 1.807) is 0 Å². The summed E-state index contributed by atoms with van der Waals surface area (Å²) >= 11 is 0. The van der Waals surface area contributed by atoms with Crippen LogP contribution in [-0.4, -0.2) is 31.1 Å². The van der Waals surface area contributed by atoms with Crippen LogP contribution in [0, 0.1) is 5.82 Å². The number of rotatable bonds is 2. The highest BCUT2D eigenvalue weighted by Gasteiger charge is 2.38. The molecule has 17 heavy (non-hydrogen) atoms. The fraction of sp³-hybridized carbons (Fsp3) is 0.333. The van der Waals surface area contributed by atoms with E-state index in [0.29, 0.717) is 0 Å². The van der Waals surface area contributed by atoms with Gasteiger partial charge in [0.25, 0.3) is 0 Å². The van der Waals surface area contributed by atoms with Gasteiger partial charge in [0.1, 0.15) is 5.25 Å². The summed E-state index contributed by atoms with van der Waals surface area (Å²) in [7, 11) is 1.37. The second-order valence-corrected chi connectivity index (χ2v) is 6.54. The molecule has 0 spiro atoms. The molecule has 2 heterocycles. The highest BCUT2D eigenvalue weighted by molar-refractivity contribution is 8.14. The number of anilines is 1. The summed E-state index contributed by atoms with van der Waals surface area (Å²) in [5.74, 6) is -1.14. The minimum absolute atomic E-state index is 0.0211. The lowest BCUT2D eigenvalue weighted by molar-refractivity contribution is -0.117. The Balaban J connectivity index is 2.31. The van der Waals surface area contributed by atoms with Crippen LogP contribution < -0.4 is 4.90 Å². The second-order valence-electron chi connectivity index (χ2n) is 3.63. The molecule has 0 saturated carbocycles. The van der Waals surface area contributed by atoms with Crippen LogP contribution in [0.4, 0.5) is 10.1 Å². The molecule has 1 amide bonds. The highest BCUT2D eigenvalue weighted by Crippen LogP contribution is 2.27.